The molecule has 0 radical (unpaired) electrons. The Morgan fingerprint density at radius 3 is 2.60 bits per heavy atom. The van der Waals surface area contributed by atoms with Crippen LogP contribution in [-0.2, 0) is 11.2 Å². The Hall–Kier alpha value is -2.36. The smallest absolute Gasteiger partial charge is 0.220 e. The molecule has 0 saturated heterocycles. The van der Waals surface area contributed by atoms with Gasteiger partial charge in [0.15, 0.2) is 5.78 Å². The fourth-order valence-electron chi connectivity index (χ4n) is 2.91. The van der Waals surface area contributed by atoms with Crippen LogP contribution in [0.25, 0.3) is 10.8 Å². The highest BCUT2D eigenvalue weighted by molar-refractivity contribution is 6.00. The van der Waals surface area contributed by atoms with Crippen molar-refractivity contribution >= 4 is 22.5 Å². The highest BCUT2D eigenvalue weighted by Crippen LogP contribution is 2.26. The number of carbonyl (C=O) groups is 2. The SMILES string of the molecule is CCCCCC(=O)NCCc1cc(C(C)=O)cc2ccc(OC)cc12. The number of hydrogen-bond acceptors (Lipinski definition) is 3. The van der Waals surface area contributed by atoms with Gasteiger partial charge < -0.3 is 10.1 Å². The van der Waals surface area contributed by atoms with E-state index in [1.807, 2.05) is 30.3 Å². The van der Waals surface area contributed by atoms with Crippen molar-refractivity contribution in [3.8, 4) is 5.75 Å². The number of fused-ring (bicyclic) bond motifs is 1. The molecule has 0 saturated carbocycles. The molecule has 2 aromatic rings. The maximum atomic E-state index is 11.9. The van der Waals surface area contributed by atoms with Crippen molar-refractivity contribution in [1.29, 1.82) is 0 Å². The molecule has 4 nitrogen and oxygen atoms in total. The van der Waals surface area contributed by atoms with Crippen molar-refractivity contribution in [2.75, 3.05) is 13.7 Å². The number of methoxy groups -OCH3 is 1. The number of Topliss-reactive ketones (excluding diaryl/α,β-unsaturated/α-hetero) is 1. The lowest BCUT2D eigenvalue weighted by Gasteiger charge is -2.11. The van der Waals surface area contributed by atoms with Gasteiger partial charge in [-0.3, -0.25) is 9.59 Å². The maximum Gasteiger partial charge on any atom is 0.220 e. The summed E-state index contributed by atoms with van der Waals surface area (Å²) in [6, 6.07) is 9.67. The quantitative estimate of drug-likeness (QED) is 0.547. The highest BCUT2D eigenvalue weighted by Gasteiger charge is 2.09. The number of ether oxygens (including phenoxy) is 1. The summed E-state index contributed by atoms with van der Waals surface area (Å²) in [7, 11) is 1.64. The average molecular weight is 341 g/mol. The Balaban J connectivity index is 2.14. The summed E-state index contributed by atoms with van der Waals surface area (Å²) in [4.78, 5) is 23.7. The van der Waals surface area contributed by atoms with Gasteiger partial charge in [-0.05, 0) is 60.4 Å². The topological polar surface area (TPSA) is 55.4 Å². The molecule has 25 heavy (non-hydrogen) atoms. The van der Waals surface area contributed by atoms with Crippen molar-refractivity contribution in [3.63, 3.8) is 0 Å². The minimum Gasteiger partial charge on any atom is -0.497 e. The lowest BCUT2D eigenvalue weighted by molar-refractivity contribution is -0.121. The van der Waals surface area contributed by atoms with E-state index in [0.717, 1.165) is 41.3 Å². The molecule has 2 aromatic carbocycles. The van der Waals surface area contributed by atoms with Crippen LogP contribution in [-0.4, -0.2) is 25.3 Å². The first-order valence-electron chi connectivity index (χ1n) is 8.93. The van der Waals surface area contributed by atoms with Crippen LogP contribution < -0.4 is 10.1 Å². The summed E-state index contributed by atoms with van der Waals surface area (Å²) in [5.41, 5.74) is 1.75. The van der Waals surface area contributed by atoms with E-state index in [9.17, 15) is 9.59 Å². The molecule has 4 heteroatoms. The van der Waals surface area contributed by atoms with Gasteiger partial charge >= 0.3 is 0 Å². The van der Waals surface area contributed by atoms with E-state index in [2.05, 4.69) is 12.2 Å². The summed E-state index contributed by atoms with van der Waals surface area (Å²) in [5.74, 6) is 0.925. The molecular formula is C21H27NO3. The van der Waals surface area contributed by atoms with Gasteiger partial charge in [0, 0.05) is 18.5 Å². The van der Waals surface area contributed by atoms with Crippen LogP contribution in [0.3, 0.4) is 0 Å². The number of amides is 1. The van der Waals surface area contributed by atoms with Crippen LogP contribution >= 0.6 is 0 Å². The third kappa shape index (κ3) is 5.31. The molecule has 0 aromatic heterocycles. The van der Waals surface area contributed by atoms with E-state index in [1.54, 1.807) is 14.0 Å². The zero-order chi connectivity index (χ0) is 18.2. The zero-order valence-corrected chi connectivity index (χ0v) is 15.4. The minimum atomic E-state index is 0.0440. The van der Waals surface area contributed by atoms with Crippen LogP contribution in [0.5, 0.6) is 5.75 Å². The average Bonchev–Trinajstić information content (AvgIpc) is 2.61. The van der Waals surface area contributed by atoms with Gasteiger partial charge in [0.1, 0.15) is 5.75 Å². The van der Waals surface area contributed by atoms with Crippen LogP contribution in [0, 0.1) is 0 Å². The first-order valence-corrected chi connectivity index (χ1v) is 8.93. The Morgan fingerprint density at radius 2 is 1.92 bits per heavy atom. The predicted octanol–water partition coefficient (Wildman–Crippen LogP) is 4.29. The molecule has 0 heterocycles. The summed E-state index contributed by atoms with van der Waals surface area (Å²) in [6.07, 6.45) is 4.39. The normalized spacial score (nSPS) is 10.7. The molecule has 2 rings (SSSR count). The van der Waals surface area contributed by atoms with Crippen molar-refractivity contribution in [1.82, 2.24) is 5.32 Å². The molecular weight excluding hydrogens is 314 g/mol. The lowest BCUT2D eigenvalue weighted by atomic mass is 9.97. The monoisotopic (exact) mass is 341 g/mol. The van der Waals surface area contributed by atoms with Gasteiger partial charge in [-0.15, -0.1) is 0 Å². The molecule has 0 bridgehead atoms. The second-order valence-corrected chi connectivity index (χ2v) is 6.34. The maximum absolute atomic E-state index is 11.9. The standard InChI is InChI=1S/C21H27NO3/c1-4-5-6-7-21(24)22-11-10-17-13-18(15(2)23)12-16-8-9-19(25-3)14-20(16)17/h8-9,12-14H,4-7,10-11H2,1-3H3,(H,22,24). The molecule has 1 amide bonds. The summed E-state index contributed by atoms with van der Waals surface area (Å²) in [6.45, 7) is 4.27. The number of hydrogen-bond donors (Lipinski definition) is 1. The molecule has 0 spiro atoms. The van der Waals surface area contributed by atoms with Crippen molar-refractivity contribution in [2.24, 2.45) is 0 Å². The second-order valence-electron chi connectivity index (χ2n) is 6.34. The van der Waals surface area contributed by atoms with Gasteiger partial charge in [0.2, 0.25) is 5.91 Å². The first-order chi connectivity index (χ1) is 12.0. The van der Waals surface area contributed by atoms with Crippen LogP contribution in [0.4, 0.5) is 0 Å². The highest BCUT2D eigenvalue weighted by atomic mass is 16.5. The van der Waals surface area contributed by atoms with Crippen molar-refractivity contribution in [3.05, 3.63) is 41.5 Å². The number of ketones is 1. The minimum absolute atomic E-state index is 0.0440. The molecule has 0 unspecified atom stereocenters. The number of benzene rings is 2. The Bertz CT molecular complexity index is 752. The predicted molar refractivity (Wildman–Crippen MR) is 101 cm³/mol. The second kappa shape index (κ2) is 9.21. The molecule has 134 valence electrons. The molecule has 0 aliphatic carbocycles. The van der Waals surface area contributed by atoms with Crippen LogP contribution in [0.15, 0.2) is 30.3 Å². The van der Waals surface area contributed by atoms with E-state index in [1.165, 1.54) is 0 Å². The number of unbranched alkanes of at least 4 members (excludes halogenated alkanes) is 2. The van der Waals surface area contributed by atoms with Gasteiger partial charge in [0.25, 0.3) is 0 Å². The van der Waals surface area contributed by atoms with E-state index >= 15 is 0 Å². The van der Waals surface area contributed by atoms with E-state index in [-0.39, 0.29) is 11.7 Å². The number of carbonyl (C=O) groups excluding carboxylic acids is 2. The summed E-state index contributed by atoms with van der Waals surface area (Å²) < 4.78 is 5.32. The Morgan fingerprint density at radius 1 is 1.12 bits per heavy atom. The molecule has 0 fully saturated rings. The fraction of sp³-hybridized carbons (Fsp3) is 0.429. The third-order valence-corrected chi connectivity index (χ3v) is 4.38. The Labute approximate surface area is 149 Å². The Kier molecular flexibility index (Phi) is 6.99. The van der Waals surface area contributed by atoms with E-state index < -0.39 is 0 Å². The fourth-order valence-corrected chi connectivity index (χ4v) is 2.91. The molecule has 0 aliphatic rings. The van der Waals surface area contributed by atoms with Gasteiger partial charge in [-0.2, -0.15) is 0 Å². The molecule has 0 aliphatic heterocycles. The van der Waals surface area contributed by atoms with Crippen molar-refractivity contribution in [2.45, 2.75) is 46.0 Å². The first kappa shape index (κ1) is 19.0. The van der Waals surface area contributed by atoms with E-state index in [4.69, 9.17) is 4.74 Å². The third-order valence-electron chi connectivity index (χ3n) is 4.38. The van der Waals surface area contributed by atoms with Crippen LogP contribution in [0.1, 0.15) is 55.5 Å². The molecule has 0 atom stereocenters. The zero-order valence-electron chi connectivity index (χ0n) is 15.4. The number of nitrogens with one attached hydrogen (secondary N) is 1. The summed E-state index contributed by atoms with van der Waals surface area (Å²) >= 11 is 0. The lowest BCUT2D eigenvalue weighted by Crippen LogP contribution is -2.25. The number of rotatable bonds is 9. The van der Waals surface area contributed by atoms with Gasteiger partial charge in [0.05, 0.1) is 7.11 Å². The van der Waals surface area contributed by atoms with Crippen LogP contribution in [0.2, 0.25) is 0 Å². The van der Waals surface area contributed by atoms with Gasteiger partial charge in [-0.1, -0.05) is 25.8 Å². The van der Waals surface area contributed by atoms with Crippen molar-refractivity contribution < 1.29 is 14.3 Å². The molecule has 1 N–H and O–H groups in total. The largest absolute Gasteiger partial charge is 0.497 e. The van der Waals surface area contributed by atoms with Gasteiger partial charge in [-0.25, -0.2) is 0 Å². The summed E-state index contributed by atoms with van der Waals surface area (Å²) in [5, 5.41) is 5.05. The van der Waals surface area contributed by atoms with E-state index in [0.29, 0.717) is 24.9 Å².